The third kappa shape index (κ3) is 4.82. The standard InChI is InChI=1S/C14H23F3N2O3/c1-11-12(18-5-8-21-9-6-18)2-4-19(11)13(20)3-7-22-10-14(15,16)17/h11-12H,2-10H2,1H3/t11-,12-/m1/s1. The number of morpholine rings is 1. The van der Waals surface area contributed by atoms with Gasteiger partial charge in [-0.3, -0.25) is 9.69 Å². The van der Waals surface area contributed by atoms with E-state index in [2.05, 4.69) is 9.64 Å². The number of hydrogen-bond acceptors (Lipinski definition) is 4. The Morgan fingerprint density at radius 2 is 1.95 bits per heavy atom. The number of nitrogens with zero attached hydrogens (tertiary/aromatic N) is 2. The lowest BCUT2D eigenvalue weighted by molar-refractivity contribution is -0.175. The quantitative estimate of drug-likeness (QED) is 0.715. The molecule has 0 aliphatic carbocycles. The summed E-state index contributed by atoms with van der Waals surface area (Å²) in [5.74, 6) is -0.134. The third-order valence-electron chi connectivity index (χ3n) is 4.28. The zero-order valence-corrected chi connectivity index (χ0v) is 12.8. The highest BCUT2D eigenvalue weighted by molar-refractivity contribution is 5.77. The number of rotatable bonds is 5. The summed E-state index contributed by atoms with van der Waals surface area (Å²) in [6.07, 6.45) is -3.45. The number of carbonyl (C=O) groups excluding carboxylic acids is 1. The molecule has 0 unspecified atom stereocenters. The average Bonchev–Trinajstić information content (AvgIpc) is 2.85. The van der Waals surface area contributed by atoms with Crippen LogP contribution in [-0.2, 0) is 14.3 Å². The fourth-order valence-corrected chi connectivity index (χ4v) is 3.16. The van der Waals surface area contributed by atoms with E-state index in [-0.39, 0.29) is 25.0 Å². The van der Waals surface area contributed by atoms with E-state index in [9.17, 15) is 18.0 Å². The van der Waals surface area contributed by atoms with Crippen LogP contribution in [0.4, 0.5) is 13.2 Å². The topological polar surface area (TPSA) is 42.0 Å². The Morgan fingerprint density at radius 3 is 2.59 bits per heavy atom. The first-order chi connectivity index (χ1) is 10.4. The fourth-order valence-electron chi connectivity index (χ4n) is 3.16. The summed E-state index contributed by atoms with van der Waals surface area (Å²) < 4.78 is 45.7. The second kappa shape index (κ2) is 7.61. The van der Waals surface area contributed by atoms with E-state index in [1.807, 2.05) is 6.92 Å². The lowest BCUT2D eigenvalue weighted by Gasteiger charge is -2.35. The summed E-state index contributed by atoms with van der Waals surface area (Å²) in [5, 5.41) is 0. The zero-order chi connectivity index (χ0) is 16.2. The molecular formula is C14H23F3N2O3. The van der Waals surface area contributed by atoms with Gasteiger partial charge in [0.2, 0.25) is 5.91 Å². The van der Waals surface area contributed by atoms with Gasteiger partial charge in [0.05, 0.1) is 26.2 Å². The van der Waals surface area contributed by atoms with Gasteiger partial charge in [-0.05, 0) is 13.3 Å². The van der Waals surface area contributed by atoms with Crippen molar-refractivity contribution in [2.24, 2.45) is 0 Å². The van der Waals surface area contributed by atoms with E-state index in [1.54, 1.807) is 4.90 Å². The Kier molecular flexibility index (Phi) is 6.05. The van der Waals surface area contributed by atoms with Crippen molar-refractivity contribution < 1.29 is 27.4 Å². The van der Waals surface area contributed by atoms with Crippen molar-refractivity contribution in [3.63, 3.8) is 0 Å². The van der Waals surface area contributed by atoms with Crippen molar-refractivity contribution in [3.8, 4) is 0 Å². The molecule has 2 heterocycles. The lowest BCUT2D eigenvalue weighted by atomic mass is 10.1. The van der Waals surface area contributed by atoms with Crippen LogP contribution in [0.1, 0.15) is 19.8 Å². The highest BCUT2D eigenvalue weighted by Crippen LogP contribution is 2.24. The van der Waals surface area contributed by atoms with E-state index in [1.165, 1.54) is 0 Å². The van der Waals surface area contributed by atoms with Gasteiger partial charge >= 0.3 is 6.18 Å². The van der Waals surface area contributed by atoms with Crippen LogP contribution in [0.2, 0.25) is 0 Å². The average molecular weight is 324 g/mol. The molecular weight excluding hydrogens is 301 g/mol. The Morgan fingerprint density at radius 1 is 1.27 bits per heavy atom. The van der Waals surface area contributed by atoms with Gasteiger partial charge in [-0.25, -0.2) is 0 Å². The molecule has 2 rings (SSSR count). The predicted molar refractivity (Wildman–Crippen MR) is 73.5 cm³/mol. The van der Waals surface area contributed by atoms with Crippen LogP contribution < -0.4 is 0 Å². The van der Waals surface area contributed by atoms with E-state index < -0.39 is 12.8 Å². The van der Waals surface area contributed by atoms with Gasteiger partial charge in [-0.1, -0.05) is 0 Å². The van der Waals surface area contributed by atoms with Crippen molar-refractivity contribution in [1.82, 2.24) is 9.80 Å². The minimum absolute atomic E-state index is 0.00372. The van der Waals surface area contributed by atoms with Gasteiger partial charge in [0.15, 0.2) is 0 Å². The molecule has 0 bridgehead atoms. The van der Waals surface area contributed by atoms with Gasteiger partial charge < -0.3 is 14.4 Å². The van der Waals surface area contributed by atoms with E-state index >= 15 is 0 Å². The Balaban J connectivity index is 1.74. The predicted octanol–water partition coefficient (Wildman–Crippen LogP) is 1.28. The Hall–Kier alpha value is -0.860. The highest BCUT2D eigenvalue weighted by atomic mass is 19.4. The summed E-state index contributed by atoms with van der Waals surface area (Å²) in [5.41, 5.74) is 0. The first-order valence-corrected chi connectivity index (χ1v) is 7.64. The van der Waals surface area contributed by atoms with E-state index in [4.69, 9.17) is 4.74 Å². The zero-order valence-electron chi connectivity index (χ0n) is 12.8. The molecule has 0 saturated carbocycles. The summed E-state index contributed by atoms with van der Waals surface area (Å²) in [4.78, 5) is 16.2. The molecule has 0 N–H and O–H groups in total. The van der Waals surface area contributed by atoms with Gasteiger partial charge in [0.1, 0.15) is 6.61 Å². The molecule has 0 aromatic rings. The van der Waals surface area contributed by atoms with Crippen LogP contribution in [0.5, 0.6) is 0 Å². The fraction of sp³-hybridized carbons (Fsp3) is 0.929. The molecule has 1 amide bonds. The van der Waals surface area contributed by atoms with Gasteiger partial charge in [-0.15, -0.1) is 0 Å². The highest BCUT2D eigenvalue weighted by Gasteiger charge is 2.37. The molecule has 22 heavy (non-hydrogen) atoms. The molecule has 2 fully saturated rings. The maximum Gasteiger partial charge on any atom is 0.411 e. The Bertz CT molecular complexity index is 373. The molecule has 0 spiro atoms. The number of hydrogen-bond donors (Lipinski definition) is 0. The van der Waals surface area contributed by atoms with Crippen LogP contribution in [0.3, 0.4) is 0 Å². The maximum absolute atomic E-state index is 12.1. The van der Waals surface area contributed by atoms with Gasteiger partial charge in [0, 0.05) is 31.7 Å². The summed E-state index contributed by atoms with van der Waals surface area (Å²) in [6, 6.07) is 0.386. The lowest BCUT2D eigenvalue weighted by Crippen LogP contribution is -2.49. The van der Waals surface area contributed by atoms with Crippen molar-refractivity contribution in [1.29, 1.82) is 0 Å². The summed E-state index contributed by atoms with van der Waals surface area (Å²) >= 11 is 0. The molecule has 128 valence electrons. The van der Waals surface area contributed by atoms with Crippen molar-refractivity contribution >= 4 is 5.91 Å². The second-order valence-electron chi connectivity index (χ2n) is 5.75. The molecule has 0 aromatic heterocycles. The van der Waals surface area contributed by atoms with Crippen LogP contribution in [0, 0.1) is 0 Å². The van der Waals surface area contributed by atoms with Crippen LogP contribution in [0.25, 0.3) is 0 Å². The molecule has 0 aromatic carbocycles. The number of amides is 1. The van der Waals surface area contributed by atoms with Crippen molar-refractivity contribution in [3.05, 3.63) is 0 Å². The summed E-state index contributed by atoms with van der Waals surface area (Å²) in [7, 11) is 0. The monoisotopic (exact) mass is 324 g/mol. The van der Waals surface area contributed by atoms with Crippen molar-refractivity contribution in [2.45, 2.75) is 38.0 Å². The largest absolute Gasteiger partial charge is 0.411 e. The molecule has 2 aliphatic heterocycles. The number of ether oxygens (including phenoxy) is 2. The van der Waals surface area contributed by atoms with Crippen LogP contribution in [0.15, 0.2) is 0 Å². The van der Waals surface area contributed by atoms with Crippen molar-refractivity contribution in [2.75, 3.05) is 46.1 Å². The first kappa shape index (κ1) is 17.5. The van der Waals surface area contributed by atoms with Gasteiger partial charge in [-0.2, -0.15) is 13.2 Å². The normalized spacial score (nSPS) is 27.4. The molecule has 2 atom stereocenters. The Labute approximate surface area is 128 Å². The van der Waals surface area contributed by atoms with Crippen LogP contribution in [-0.4, -0.2) is 80.0 Å². The minimum Gasteiger partial charge on any atom is -0.379 e. The third-order valence-corrected chi connectivity index (χ3v) is 4.28. The molecule has 8 heteroatoms. The SMILES string of the molecule is C[C@@H]1[C@H](N2CCOCC2)CCN1C(=O)CCOCC(F)(F)F. The second-order valence-corrected chi connectivity index (χ2v) is 5.75. The minimum atomic E-state index is -4.34. The number of likely N-dealkylation sites (tertiary alicyclic amines) is 1. The first-order valence-electron chi connectivity index (χ1n) is 7.64. The van der Waals surface area contributed by atoms with E-state index in [0.29, 0.717) is 25.8 Å². The molecule has 0 radical (unpaired) electrons. The number of carbonyl (C=O) groups is 1. The smallest absolute Gasteiger partial charge is 0.379 e. The van der Waals surface area contributed by atoms with Gasteiger partial charge in [0.25, 0.3) is 0 Å². The maximum atomic E-state index is 12.1. The number of alkyl halides is 3. The number of halogens is 3. The summed E-state index contributed by atoms with van der Waals surface area (Å²) in [6.45, 7) is 4.32. The molecule has 2 aliphatic rings. The van der Waals surface area contributed by atoms with E-state index in [0.717, 1.165) is 19.5 Å². The molecule has 2 saturated heterocycles. The van der Waals surface area contributed by atoms with Crippen LogP contribution >= 0.6 is 0 Å². The molecule has 5 nitrogen and oxygen atoms in total.